The van der Waals surface area contributed by atoms with Gasteiger partial charge in [-0.05, 0) is 18.2 Å². The molecule has 2 aromatic rings. The number of carbonyl (C=O) groups excluding carboxylic acids is 1. The first kappa shape index (κ1) is 13.9. The molecule has 0 unspecified atom stereocenters. The fourth-order valence-electron chi connectivity index (χ4n) is 1.55. The maximum Gasteiger partial charge on any atom is 0.337 e. The highest BCUT2D eigenvalue weighted by Crippen LogP contribution is 2.22. The van der Waals surface area contributed by atoms with E-state index in [1.807, 2.05) is 0 Å². The predicted molar refractivity (Wildman–Crippen MR) is 71.6 cm³/mol. The monoisotopic (exact) mass is 296 g/mol. The molecular weight excluding hydrogens is 284 g/mol. The third-order valence-corrected chi connectivity index (χ3v) is 3.90. The van der Waals surface area contributed by atoms with Crippen LogP contribution in [-0.4, -0.2) is 31.7 Å². The zero-order valence-corrected chi connectivity index (χ0v) is 11.3. The fourth-order valence-corrected chi connectivity index (χ4v) is 2.68. The molecule has 0 aliphatic rings. The highest BCUT2D eigenvalue weighted by atomic mass is 32.2. The molecule has 0 saturated heterocycles. The Hall–Kier alpha value is -2.55. The minimum absolute atomic E-state index is 0.0556. The zero-order valence-electron chi connectivity index (χ0n) is 10.5. The van der Waals surface area contributed by atoms with Crippen LogP contribution >= 0.6 is 0 Å². The Bertz CT molecular complexity index is 725. The van der Waals surface area contributed by atoms with E-state index >= 15 is 0 Å². The minimum Gasteiger partial charge on any atom is -0.465 e. The van der Waals surface area contributed by atoms with Crippen LogP contribution in [0.25, 0.3) is 0 Å². The van der Waals surface area contributed by atoms with E-state index in [0.29, 0.717) is 0 Å². The zero-order chi connectivity index (χ0) is 14.8. The van der Waals surface area contributed by atoms with Crippen molar-refractivity contribution in [3.8, 4) is 0 Å². The number of nitrogen functional groups attached to an aromatic ring is 1. The average molecular weight is 296 g/mol. The first-order valence-corrected chi connectivity index (χ1v) is 6.92. The second kappa shape index (κ2) is 5.21. The van der Waals surface area contributed by atoms with Gasteiger partial charge in [-0.3, -0.25) is 9.82 Å². The van der Waals surface area contributed by atoms with E-state index < -0.39 is 16.0 Å². The van der Waals surface area contributed by atoms with Crippen molar-refractivity contribution in [3.63, 3.8) is 0 Å². The Labute approximate surface area is 115 Å². The van der Waals surface area contributed by atoms with E-state index in [9.17, 15) is 13.2 Å². The van der Waals surface area contributed by atoms with E-state index in [-0.39, 0.29) is 22.0 Å². The Kier molecular flexibility index (Phi) is 3.61. The summed E-state index contributed by atoms with van der Waals surface area (Å²) >= 11 is 0. The Morgan fingerprint density at radius 3 is 2.70 bits per heavy atom. The maximum absolute atomic E-state index is 12.1. The second-order valence-corrected chi connectivity index (χ2v) is 5.47. The molecule has 9 heteroatoms. The summed E-state index contributed by atoms with van der Waals surface area (Å²) in [6, 6.07) is 5.26. The Morgan fingerprint density at radius 1 is 1.40 bits per heavy atom. The Morgan fingerprint density at radius 2 is 2.15 bits per heavy atom. The molecule has 0 radical (unpaired) electrons. The maximum atomic E-state index is 12.1. The van der Waals surface area contributed by atoms with Gasteiger partial charge >= 0.3 is 5.97 Å². The van der Waals surface area contributed by atoms with Gasteiger partial charge in [-0.15, -0.1) is 0 Å². The van der Waals surface area contributed by atoms with E-state index in [0.717, 1.165) is 0 Å². The largest absolute Gasteiger partial charge is 0.465 e. The molecule has 4 N–H and O–H groups in total. The number of rotatable bonds is 4. The van der Waals surface area contributed by atoms with Gasteiger partial charge in [0.05, 0.1) is 24.6 Å². The summed E-state index contributed by atoms with van der Waals surface area (Å²) in [5.41, 5.74) is 5.79. The number of anilines is 2. The Balaban J connectivity index is 2.35. The van der Waals surface area contributed by atoms with Gasteiger partial charge in [0.25, 0.3) is 10.0 Å². The van der Waals surface area contributed by atoms with Gasteiger partial charge in [0.15, 0.2) is 0 Å². The molecule has 0 aliphatic carbocycles. The van der Waals surface area contributed by atoms with Crippen molar-refractivity contribution in [3.05, 3.63) is 36.0 Å². The average Bonchev–Trinajstić information content (AvgIpc) is 2.89. The van der Waals surface area contributed by atoms with E-state index in [1.54, 1.807) is 0 Å². The quantitative estimate of drug-likeness (QED) is 0.559. The first-order chi connectivity index (χ1) is 9.44. The number of aromatic amines is 1. The van der Waals surface area contributed by atoms with Crippen LogP contribution in [-0.2, 0) is 14.8 Å². The number of ether oxygens (including phenoxy) is 1. The molecule has 0 bridgehead atoms. The van der Waals surface area contributed by atoms with Gasteiger partial charge in [-0.1, -0.05) is 0 Å². The van der Waals surface area contributed by atoms with Gasteiger partial charge in [0.1, 0.15) is 10.7 Å². The predicted octanol–water partition coefficient (Wildman–Crippen LogP) is 0.579. The van der Waals surface area contributed by atoms with Crippen LogP contribution in [0.2, 0.25) is 0 Å². The number of aromatic nitrogens is 2. The lowest BCUT2D eigenvalue weighted by atomic mass is 10.2. The first-order valence-electron chi connectivity index (χ1n) is 5.44. The molecule has 2 rings (SSSR count). The van der Waals surface area contributed by atoms with Gasteiger partial charge in [0.2, 0.25) is 0 Å². The lowest BCUT2D eigenvalue weighted by Gasteiger charge is -2.09. The van der Waals surface area contributed by atoms with Crippen molar-refractivity contribution in [2.45, 2.75) is 4.90 Å². The van der Waals surface area contributed by atoms with E-state index in [1.165, 1.54) is 37.6 Å². The molecular formula is C11H12N4O4S. The van der Waals surface area contributed by atoms with Crippen LogP contribution in [0.5, 0.6) is 0 Å². The molecule has 20 heavy (non-hydrogen) atoms. The molecule has 106 valence electrons. The summed E-state index contributed by atoms with van der Waals surface area (Å²) in [4.78, 5) is 11.2. The molecule has 1 aromatic heterocycles. The van der Waals surface area contributed by atoms with Crippen molar-refractivity contribution < 1.29 is 17.9 Å². The molecule has 0 saturated carbocycles. The van der Waals surface area contributed by atoms with Gasteiger partial charge in [0, 0.05) is 6.07 Å². The number of nitrogens with one attached hydrogen (secondary N) is 2. The van der Waals surface area contributed by atoms with Crippen LogP contribution < -0.4 is 10.5 Å². The SMILES string of the molecule is COC(=O)c1ccc(S(=O)(=O)Nc2ccn[nH]2)c(N)c1. The highest BCUT2D eigenvalue weighted by Gasteiger charge is 2.19. The summed E-state index contributed by atoms with van der Waals surface area (Å²) in [6.45, 7) is 0. The number of sulfonamides is 1. The van der Waals surface area contributed by atoms with E-state index in [4.69, 9.17) is 5.73 Å². The molecule has 1 heterocycles. The summed E-state index contributed by atoms with van der Waals surface area (Å²) in [6.07, 6.45) is 1.40. The molecule has 0 spiro atoms. The summed E-state index contributed by atoms with van der Waals surface area (Å²) in [5, 5.41) is 6.09. The highest BCUT2D eigenvalue weighted by molar-refractivity contribution is 7.92. The third kappa shape index (κ3) is 2.72. The normalized spacial score (nSPS) is 11.1. The third-order valence-electron chi connectivity index (χ3n) is 2.47. The number of esters is 1. The molecule has 0 fully saturated rings. The molecule has 0 aliphatic heterocycles. The van der Waals surface area contributed by atoms with Crippen molar-refractivity contribution >= 4 is 27.5 Å². The lowest BCUT2D eigenvalue weighted by Crippen LogP contribution is -2.15. The van der Waals surface area contributed by atoms with Crippen LogP contribution in [0.3, 0.4) is 0 Å². The summed E-state index contributed by atoms with van der Waals surface area (Å²) < 4.78 is 31.0. The number of benzene rings is 1. The molecule has 0 atom stereocenters. The van der Waals surface area contributed by atoms with Gasteiger partial charge < -0.3 is 10.5 Å². The summed E-state index contributed by atoms with van der Waals surface area (Å²) in [7, 11) is -2.64. The number of methoxy groups -OCH3 is 1. The number of carbonyl (C=O) groups is 1. The van der Waals surface area contributed by atoms with Crippen molar-refractivity contribution in [2.24, 2.45) is 0 Å². The van der Waals surface area contributed by atoms with Crippen LogP contribution in [0.1, 0.15) is 10.4 Å². The van der Waals surface area contributed by atoms with Gasteiger partial charge in [-0.25, -0.2) is 13.2 Å². The number of hydrogen-bond donors (Lipinski definition) is 3. The minimum atomic E-state index is -3.86. The smallest absolute Gasteiger partial charge is 0.337 e. The fraction of sp³-hybridized carbons (Fsp3) is 0.0909. The number of nitrogens with two attached hydrogens (primary N) is 1. The molecule has 1 aromatic carbocycles. The standard InChI is InChI=1S/C11H12N4O4S/c1-19-11(16)7-2-3-9(8(12)6-7)20(17,18)15-10-4-5-13-14-10/h2-6H,12H2,1H3,(H2,13,14,15). The lowest BCUT2D eigenvalue weighted by molar-refractivity contribution is 0.0600. The summed E-state index contributed by atoms with van der Waals surface area (Å²) in [5.74, 6) is -0.386. The van der Waals surface area contributed by atoms with Crippen molar-refractivity contribution in [1.29, 1.82) is 0 Å². The molecule has 0 amide bonds. The van der Waals surface area contributed by atoms with Crippen LogP contribution in [0.15, 0.2) is 35.4 Å². The molecule has 8 nitrogen and oxygen atoms in total. The second-order valence-electron chi connectivity index (χ2n) is 3.82. The number of H-pyrrole nitrogens is 1. The van der Waals surface area contributed by atoms with Crippen molar-refractivity contribution in [1.82, 2.24) is 10.2 Å². The number of hydrogen-bond acceptors (Lipinski definition) is 6. The van der Waals surface area contributed by atoms with Crippen LogP contribution in [0.4, 0.5) is 11.5 Å². The van der Waals surface area contributed by atoms with Crippen LogP contribution in [0, 0.1) is 0 Å². The van der Waals surface area contributed by atoms with E-state index in [2.05, 4.69) is 19.7 Å². The van der Waals surface area contributed by atoms with Gasteiger partial charge in [-0.2, -0.15) is 5.10 Å². The topological polar surface area (TPSA) is 127 Å². The van der Waals surface area contributed by atoms with Crippen molar-refractivity contribution in [2.75, 3.05) is 17.6 Å². The number of nitrogens with zero attached hydrogens (tertiary/aromatic N) is 1.